The summed E-state index contributed by atoms with van der Waals surface area (Å²) in [6, 6.07) is 6.55. The lowest BCUT2D eigenvalue weighted by atomic mass is 9.96. The summed E-state index contributed by atoms with van der Waals surface area (Å²) in [5, 5.41) is 3.29. The molecule has 9 heteroatoms. The zero-order valence-corrected chi connectivity index (χ0v) is 19.3. The van der Waals surface area contributed by atoms with Crippen molar-refractivity contribution < 1.29 is 22.6 Å². The van der Waals surface area contributed by atoms with Crippen LogP contribution in [0.25, 0.3) is 0 Å². The molecule has 1 aromatic rings. The molecule has 0 atom stereocenters. The maximum atomic E-state index is 12.2. The second-order valence-electron chi connectivity index (χ2n) is 6.98. The lowest BCUT2D eigenvalue weighted by Gasteiger charge is -2.26. The van der Waals surface area contributed by atoms with Gasteiger partial charge in [0, 0.05) is 33.4 Å². The van der Waals surface area contributed by atoms with Crippen molar-refractivity contribution in [2.24, 2.45) is 10.9 Å². The summed E-state index contributed by atoms with van der Waals surface area (Å²) >= 11 is 0. The average molecular weight is 529 g/mol. The van der Waals surface area contributed by atoms with Crippen molar-refractivity contribution in [1.29, 1.82) is 0 Å². The van der Waals surface area contributed by atoms with Crippen molar-refractivity contribution >= 4 is 29.9 Å². The van der Waals surface area contributed by atoms with Crippen molar-refractivity contribution in [3.63, 3.8) is 0 Å². The van der Waals surface area contributed by atoms with Crippen LogP contribution in [0.5, 0.6) is 5.75 Å². The Morgan fingerprint density at radius 1 is 1.24 bits per heavy atom. The molecule has 1 heterocycles. The van der Waals surface area contributed by atoms with Gasteiger partial charge >= 0.3 is 6.18 Å². The summed E-state index contributed by atoms with van der Waals surface area (Å²) in [6.45, 7) is 4.58. The van der Waals surface area contributed by atoms with Gasteiger partial charge in [-0.1, -0.05) is 12.1 Å². The number of guanidine groups is 1. The molecular formula is C20H31F3IN3O2. The molecule has 1 N–H and O–H groups in total. The summed E-state index contributed by atoms with van der Waals surface area (Å²) in [7, 11) is 2.02. The number of hydrogen-bond donors (Lipinski definition) is 1. The maximum absolute atomic E-state index is 12.2. The molecule has 29 heavy (non-hydrogen) atoms. The van der Waals surface area contributed by atoms with Gasteiger partial charge in [0.1, 0.15) is 5.75 Å². The van der Waals surface area contributed by atoms with Crippen molar-refractivity contribution in [2.45, 2.75) is 38.9 Å². The van der Waals surface area contributed by atoms with E-state index in [-0.39, 0.29) is 29.7 Å². The standard InChI is InChI=1S/C20H30F3N3O2.HI/c1-3-24-19(26(2)11-8-16-9-12-27-13-10-16)25-14-17-4-6-18(7-5-17)28-15-20(21,22)23;/h4-7,16H,3,8-15H2,1-2H3,(H,24,25);1H. The van der Waals surface area contributed by atoms with Crippen LogP contribution in [0.15, 0.2) is 29.3 Å². The molecule has 0 bridgehead atoms. The zero-order valence-electron chi connectivity index (χ0n) is 17.0. The summed E-state index contributed by atoms with van der Waals surface area (Å²) in [6.07, 6.45) is -0.997. The number of rotatable bonds is 8. The van der Waals surface area contributed by atoms with Gasteiger partial charge in [0.15, 0.2) is 12.6 Å². The second-order valence-corrected chi connectivity index (χ2v) is 6.98. The molecule has 1 saturated heterocycles. The second kappa shape index (κ2) is 13.1. The minimum Gasteiger partial charge on any atom is -0.484 e. The predicted molar refractivity (Wildman–Crippen MR) is 119 cm³/mol. The highest BCUT2D eigenvalue weighted by Gasteiger charge is 2.28. The van der Waals surface area contributed by atoms with Crippen LogP contribution in [0, 0.1) is 5.92 Å². The fourth-order valence-corrected chi connectivity index (χ4v) is 3.01. The Kier molecular flexibility index (Phi) is 11.7. The minimum absolute atomic E-state index is 0. The highest BCUT2D eigenvalue weighted by atomic mass is 127. The van der Waals surface area contributed by atoms with Crippen LogP contribution >= 0.6 is 24.0 Å². The van der Waals surface area contributed by atoms with Crippen molar-refractivity contribution in [2.75, 3.05) is 40.0 Å². The molecule has 5 nitrogen and oxygen atoms in total. The highest BCUT2D eigenvalue weighted by Crippen LogP contribution is 2.20. The first kappa shape index (κ1) is 25.8. The average Bonchev–Trinajstić information content (AvgIpc) is 2.68. The van der Waals surface area contributed by atoms with Crippen LogP contribution < -0.4 is 10.1 Å². The molecule has 0 saturated carbocycles. The van der Waals surface area contributed by atoms with Crippen LogP contribution in [0.4, 0.5) is 13.2 Å². The summed E-state index contributed by atoms with van der Waals surface area (Å²) in [5.74, 6) is 1.72. The zero-order chi connectivity index (χ0) is 20.4. The normalized spacial score (nSPS) is 15.6. The quantitative estimate of drug-likeness (QED) is 0.307. The third-order valence-corrected chi connectivity index (χ3v) is 4.65. The summed E-state index contributed by atoms with van der Waals surface area (Å²) in [5.41, 5.74) is 0.910. The van der Waals surface area contributed by atoms with Gasteiger partial charge in [-0.2, -0.15) is 13.2 Å². The van der Waals surface area contributed by atoms with Crippen LogP contribution in [-0.4, -0.2) is 57.0 Å². The highest BCUT2D eigenvalue weighted by molar-refractivity contribution is 14.0. The Bertz CT molecular complexity index is 606. The van der Waals surface area contributed by atoms with E-state index in [4.69, 9.17) is 9.47 Å². The van der Waals surface area contributed by atoms with Gasteiger partial charge in [-0.15, -0.1) is 24.0 Å². The summed E-state index contributed by atoms with van der Waals surface area (Å²) in [4.78, 5) is 6.77. The van der Waals surface area contributed by atoms with Gasteiger partial charge in [-0.05, 0) is 49.8 Å². The molecule has 0 radical (unpaired) electrons. The molecule has 2 rings (SSSR count). The van der Waals surface area contributed by atoms with E-state index in [9.17, 15) is 13.2 Å². The number of aliphatic imine (C=N–C) groups is 1. The molecule has 1 aliphatic heterocycles. The third-order valence-electron chi connectivity index (χ3n) is 4.65. The van der Waals surface area contributed by atoms with Gasteiger partial charge in [0.2, 0.25) is 0 Å². The van der Waals surface area contributed by atoms with Crippen molar-refractivity contribution in [1.82, 2.24) is 10.2 Å². The van der Waals surface area contributed by atoms with E-state index in [1.807, 2.05) is 14.0 Å². The molecule has 0 amide bonds. The Morgan fingerprint density at radius 2 is 1.90 bits per heavy atom. The predicted octanol–water partition coefficient (Wildman–Crippen LogP) is 4.46. The monoisotopic (exact) mass is 529 g/mol. The SMILES string of the molecule is CCNC(=NCc1ccc(OCC(F)(F)F)cc1)N(C)CCC1CCOCC1.I. The van der Waals surface area contributed by atoms with Gasteiger partial charge < -0.3 is 19.7 Å². The third kappa shape index (κ3) is 10.4. The fraction of sp³-hybridized carbons (Fsp3) is 0.650. The molecule has 0 spiro atoms. The van der Waals surface area contributed by atoms with Crippen LogP contribution in [0.3, 0.4) is 0 Å². The Morgan fingerprint density at radius 3 is 2.48 bits per heavy atom. The van der Waals surface area contributed by atoms with E-state index in [0.717, 1.165) is 57.1 Å². The summed E-state index contributed by atoms with van der Waals surface area (Å²) < 4.78 is 46.7. The first-order chi connectivity index (χ1) is 13.4. The number of hydrogen-bond acceptors (Lipinski definition) is 3. The number of benzene rings is 1. The van der Waals surface area contributed by atoms with Gasteiger partial charge in [-0.3, -0.25) is 0 Å². The molecule has 0 unspecified atom stereocenters. The van der Waals surface area contributed by atoms with Gasteiger partial charge in [0.05, 0.1) is 6.54 Å². The fourth-order valence-electron chi connectivity index (χ4n) is 3.01. The van der Waals surface area contributed by atoms with Crippen LogP contribution in [-0.2, 0) is 11.3 Å². The number of alkyl halides is 3. The largest absolute Gasteiger partial charge is 0.484 e. The first-order valence-corrected chi connectivity index (χ1v) is 9.73. The van der Waals surface area contributed by atoms with E-state index in [1.54, 1.807) is 24.3 Å². The molecule has 0 aliphatic carbocycles. The van der Waals surface area contributed by atoms with Crippen molar-refractivity contribution in [3.8, 4) is 5.75 Å². The first-order valence-electron chi connectivity index (χ1n) is 9.73. The van der Waals surface area contributed by atoms with E-state index >= 15 is 0 Å². The van der Waals surface area contributed by atoms with E-state index in [0.29, 0.717) is 12.5 Å². The molecular weight excluding hydrogens is 498 g/mol. The maximum Gasteiger partial charge on any atom is 0.422 e. The topological polar surface area (TPSA) is 46.1 Å². The lowest BCUT2D eigenvalue weighted by molar-refractivity contribution is -0.153. The number of ether oxygens (including phenoxy) is 2. The van der Waals surface area contributed by atoms with Crippen LogP contribution in [0.2, 0.25) is 0 Å². The lowest BCUT2D eigenvalue weighted by Crippen LogP contribution is -2.40. The number of nitrogens with one attached hydrogen (secondary N) is 1. The molecule has 1 fully saturated rings. The van der Waals surface area contributed by atoms with Gasteiger partial charge in [0.25, 0.3) is 0 Å². The molecule has 166 valence electrons. The van der Waals surface area contributed by atoms with Crippen LogP contribution in [0.1, 0.15) is 31.7 Å². The Balaban J connectivity index is 0.00000420. The minimum atomic E-state index is -4.33. The Hall–Kier alpha value is -1.23. The smallest absolute Gasteiger partial charge is 0.422 e. The van der Waals surface area contributed by atoms with E-state index in [1.165, 1.54) is 0 Å². The number of nitrogens with zero attached hydrogens (tertiary/aromatic N) is 2. The van der Waals surface area contributed by atoms with Crippen molar-refractivity contribution in [3.05, 3.63) is 29.8 Å². The molecule has 1 aromatic carbocycles. The number of halogens is 4. The molecule has 1 aliphatic rings. The van der Waals surface area contributed by atoms with E-state index in [2.05, 4.69) is 15.2 Å². The molecule has 0 aromatic heterocycles. The van der Waals surface area contributed by atoms with E-state index < -0.39 is 12.8 Å². The Labute approximate surface area is 188 Å². The van der Waals surface area contributed by atoms with Gasteiger partial charge in [-0.25, -0.2) is 4.99 Å².